The molecule has 2 amide bonds. The van der Waals surface area contributed by atoms with Crippen LogP contribution in [0.3, 0.4) is 0 Å². The maximum atomic E-state index is 12.4. The van der Waals surface area contributed by atoms with Gasteiger partial charge in [0.05, 0.1) is 6.04 Å². The van der Waals surface area contributed by atoms with Crippen molar-refractivity contribution in [1.82, 2.24) is 10.2 Å². The highest BCUT2D eigenvalue weighted by molar-refractivity contribution is 5.74. The van der Waals surface area contributed by atoms with Crippen LogP contribution in [0.2, 0.25) is 0 Å². The molecule has 3 nitrogen and oxygen atoms in total. The molecular weight excluding hydrogens is 272 g/mol. The van der Waals surface area contributed by atoms with E-state index in [9.17, 15) is 4.79 Å². The van der Waals surface area contributed by atoms with Gasteiger partial charge in [-0.25, -0.2) is 4.79 Å². The van der Waals surface area contributed by atoms with Crippen LogP contribution in [0, 0.1) is 0 Å². The summed E-state index contributed by atoms with van der Waals surface area (Å²) in [6.07, 6.45) is 1.97. The average molecular weight is 296 g/mol. The van der Waals surface area contributed by atoms with Gasteiger partial charge in [0, 0.05) is 13.6 Å². The zero-order chi connectivity index (χ0) is 15.8. The molecule has 0 aliphatic carbocycles. The number of nitrogens with zero attached hydrogens (tertiary/aromatic N) is 1. The highest BCUT2D eigenvalue weighted by Gasteiger charge is 2.16. The monoisotopic (exact) mass is 296 g/mol. The molecule has 1 atom stereocenters. The Hall–Kier alpha value is -2.29. The van der Waals surface area contributed by atoms with Gasteiger partial charge in [0.2, 0.25) is 0 Å². The van der Waals surface area contributed by atoms with Crippen LogP contribution in [0.15, 0.2) is 60.7 Å². The number of carbonyl (C=O) groups is 1. The molecule has 1 unspecified atom stereocenters. The zero-order valence-corrected chi connectivity index (χ0v) is 13.3. The van der Waals surface area contributed by atoms with Crippen LogP contribution in [0.1, 0.15) is 36.9 Å². The summed E-state index contributed by atoms with van der Waals surface area (Å²) >= 11 is 0. The summed E-state index contributed by atoms with van der Waals surface area (Å²) in [5.41, 5.74) is 2.29. The molecule has 2 rings (SSSR count). The molecule has 0 bridgehead atoms. The maximum absolute atomic E-state index is 12.4. The number of urea groups is 1. The third-order valence-corrected chi connectivity index (χ3v) is 3.69. The van der Waals surface area contributed by atoms with Crippen molar-refractivity contribution >= 4 is 6.03 Å². The van der Waals surface area contributed by atoms with Gasteiger partial charge < -0.3 is 10.2 Å². The third-order valence-electron chi connectivity index (χ3n) is 3.69. The van der Waals surface area contributed by atoms with Crippen molar-refractivity contribution in [3.63, 3.8) is 0 Å². The fourth-order valence-corrected chi connectivity index (χ4v) is 2.48. The Kier molecular flexibility index (Phi) is 6.01. The second kappa shape index (κ2) is 8.23. The lowest BCUT2D eigenvalue weighted by atomic mass is 10.0. The van der Waals surface area contributed by atoms with Gasteiger partial charge in [-0.1, -0.05) is 74.0 Å². The first kappa shape index (κ1) is 16.1. The Morgan fingerprint density at radius 2 is 1.64 bits per heavy atom. The summed E-state index contributed by atoms with van der Waals surface area (Å²) in [5.74, 6) is 0. The average Bonchev–Trinajstić information content (AvgIpc) is 2.56. The van der Waals surface area contributed by atoms with Crippen molar-refractivity contribution in [2.24, 2.45) is 0 Å². The van der Waals surface area contributed by atoms with Crippen molar-refractivity contribution in [1.29, 1.82) is 0 Å². The Bertz CT molecular complexity index is 569. The molecule has 22 heavy (non-hydrogen) atoms. The van der Waals surface area contributed by atoms with Crippen LogP contribution in [-0.2, 0) is 6.54 Å². The van der Waals surface area contributed by atoms with E-state index in [2.05, 4.69) is 24.4 Å². The molecule has 2 aromatic rings. The Morgan fingerprint density at radius 3 is 2.23 bits per heavy atom. The van der Waals surface area contributed by atoms with Gasteiger partial charge >= 0.3 is 6.03 Å². The van der Waals surface area contributed by atoms with Gasteiger partial charge in [0.1, 0.15) is 0 Å². The van der Waals surface area contributed by atoms with Crippen molar-refractivity contribution < 1.29 is 4.79 Å². The smallest absolute Gasteiger partial charge is 0.317 e. The van der Waals surface area contributed by atoms with E-state index in [4.69, 9.17) is 0 Å². The minimum atomic E-state index is -0.0360. The van der Waals surface area contributed by atoms with Gasteiger partial charge in [-0.05, 0) is 17.5 Å². The molecule has 3 heteroatoms. The molecule has 0 aliphatic heterocycles. The van der Waals surface area contributed by atoms with Gasteiger partial charge in [0.15, 0.2) is 0 Å². The van der Waals surface area contributed by atoms with Crippen LogP contribution in [-0.4, -0.2) is 18.0 Å². The largest absolute Gasteiger partial charge is 0.331 e. The Labute approximate surface area is 133 Å². The minimum Gasteiger partial charge on any atom is -0.331 e. The number of hydrogen-bond acceptors (Lipinski definition) is 1. The molecule has 116 valence electrons. The summed E-state index contributed by atoms with van der Waals surface area (Å²) in [4.78, 5) is 14.1. The molecule has 0 aromatic heterocycles. The normalized spacial score (nSPS) is 11.7. The quantitative estimate of drug-likeness (QED) is 0.843. The lowest BCUT2D eigenvalue weighted by molar-refractivity contribution is 0.202. The van der Waals surface area contributed by atoms with Crippen molar-refractivity contribution in [3.05, 3.63) is 71.8 Å². The van der Waals surface area contributed by atoms with Gasteiger partial charge in [-0.15, -0.1) is 0 Å². The van der Waals surface area contributed by atoms with E-state index in [0.717, 1.165) is 24.0 Å². The first-order valence-corrected chi connectivity index (χ1v) is 7.81. The van der Waals surface area contributed by atoms with Crippen LogP contribution in [0.5, 0.6) is 0 Å². The van der Waals surface area contributed by atoms with Crippen molar-refractivity contribution in [2.75, 3.05) is 7.05 Å². The van der Waals surface area contributed by atoms with E-state index in [-0.39, 0.29) is 12.1 Å². The molecule has 1 N–H and O–H groups in total. The fourth-order valence-electron chi connectivity index (χ4n) is 2.48. The maximum Gasteiger partial charge on any atom is 0.317 e. The van der Waals surface area contributed by atoms with Crippen LogP contribution in [0.25, 0.3) is 0 Å². The first-order valence-electron chi connectivity index (χ1n) is 7.81. The highest BCUT2D eigenvalue weighted by atomic mass is 16.2. The number of amides is 2. The summed E-state index contributed by atoms with van der Waals surface area (Å²) in [6.45, 7) is 2.75. The van der Waals surface area contributed by atoms with E-state index in [0.29, 0.717) is 6.54 Å². The van der Waals surface area contributed by atoms with E-state index in [1.165, 1.54) is 0 Å². The molecule has 0 fully saturated rings. The number of benzene rings is 2. The topological polar surface area (TPSA) is 32.3 Å². The number of carbonyl (C=O) groups excluding carboxylic acids is 1. The number of nitrogens with one attached hydrogen (secondary N) is 1. The zero-order valence-electron chi connectivity index (χ0n) is 13.3. The lowest BCUT2D eigenvalue weighted by Gasteiger charge is -2.24. The number of rotatable bonds is 6. The molecule has 0 saturated carbocycles. The SMILES string of the molecule is CCCC(NC(=O)N(C)Cc1ccccc1)c1ccccc1. The number of hydrogen-bond donors (Lipinski definition) is 1. The second-order valence-corrected chi connectivity index (χ2v) is 5.54. The predicted octanol–water partition coefficient (Wildman–Crippen LogP) is 4.37. The van der Waals surface area contributed by atoms with Crippen molar-refractivity contribution in [3.8, 4) is 0 Å². The predicted molar refractivity (Wildman–Crippen MR) is 90.5 cm³/mol. The summed E-state index contributed by atoms with van der Waals surface area (Å²) in [5, 5.41) is 3.14. The van der Waals surface area contributed by atoms with E-state index in [1.807, 2.05) is 55.6 Å². The van der Waals surface area contributed by atoms with Crippen LogP contribution in [0.4, 0.5) is 4.79 Å². The molecular formula is C19H24N2O. The van der Waals surface area contributed by atoms with Crippen LogP contribution < -0.4 is 5.32 Å². The fraction of sp³-hybridized carbons (Fsp3) is 0.316. The third kappa shape index (κ3) is 4.62. The molecule has 0 radical (unpaired) electrons. The van der Waals surface area contributed by atoms with Gasteiger partial charge in [0.25, 0.3) is 0 Å². The van der Waals surface area contributed by atoms with Gasteiger partial charge in [-0.3, -0.25) is 0 Å². The summed E-state index contributed by atoms with van der Waals surface area (Å²) in [7, 11) is 1.83. The lowest BCUT2D eigenvalue weighted by Crippen LogP contribution is -2.39. The Morgan fingerprint density at radius 1 is 1.05 bits per heavy atom. The van der Waals surface area contributed by atoms with Crippen molar-refractivity contribution in [2.45, 2.75) is 32.4 Å². The molecule has 0 heterocycles. The first-order chi connectivity index (χ1) is 10.7. The summed E-state index contributed by atoms with van der Waals surface area (Å²) in [6, 6.07) is 20.2. The minimum absolute atomic E-state index is 0.0360. The van der Waals surface area contributed by atoms with E-state index >= 15 is 0 Å². The standard InChI is InChI=1S/C19H24N2O/c1-3-10-18(17-13-8-5-9-14-17)20-19(22)21(2)15-16-11-6-4-7-12-16/h4-9,11-14,18H,3,10,15H2,1-2H3,(H,20,22). The van der Waals surface area contributed by atoms with E-state index in [1.54, 1.807) is 4.90 Å². The molecule has 0 aliphatic rings. The molecule has 2 aromatic carbocycles. The second-order valence-electron chi connectivity index (χ2n) is 5.54. The highest BCUT2D eigenvalue weighted by Crippen LogP contribution is 2.18. The van der Waals surface area contributed by atoms with E-state index < -0.39 is 0 Å². The summed E-state index contributed by atoms with van der Waals surface area (Å²) < 4.78 is 0. The van der Waals surface area contributed by atoms with Gasteiger partial charge in [-0.2, -0.15) is 0 Å². The molecule has 0 spiro atoms. The van der Waals surface area contributed by atoms with Crippen LogP contribution >= 0.6 is 0 Å². The Balaban J connectivity index is 1.98. The molecule has 0 saturated heterocycles.